The van der Waals surface area contributed by atoms with Crippen LogP contribution in [0.5, 0.6) is 5.75 Å². The van der Waals surface area contributed by atoms with Gasteiger partial charge in [0.15, 0.2) is 11.6 Å². The summed E-state index contributed by atoms with van der Waals surface area (Å²) in [5, 5.41) is 3.23. The first-order valence-electron chi connectivity index (χ1n) is 6.41. The van der Waals surface area contributed by atoms with Gasteiger partial charge in [0.05, 0.1) is 5.69 Å². The quantitative estimate of drug-likeness (QED) is 0.872. The molecule has 20 heavy (non-hydrogen) atoms. The fourth-order valence-electron chi connectivity index (χ4n) is 1.65. The predicted molar refractivity (Wildman–Crippen MR) is 80.0 cm³/mol. The summed E-state index contributed by atoms with van der Waals surface area (Å²) in [6.45, 7) is 4.02. The Balaban J connectivity index is 1.95. The zero-order chi connectivity index (χ0) is 14.4. The standard InChI is InChI=1S/C15H16BrFN2O/c1-2-18-8-11-3-5-13(19-9-11)10-20-15-7-12(16)4-6-14(15)17/h3-7,9,18H,2,8,10H2,1H3. The van der Waals surface area contributed by atoms with E-state index in [0.29, 0.717) is 0 Å². The Bertz CT molecular complexity index is 560. The molecule has 0 unspecified atom stereocenters. The second-order valence-corrected chi connectivity index (χ2v) is 5.22. The molecule has 0 amide bonds. The number of nitrogens with zero attached hydrogens (tertiary/aromatic N) is 1. The van der Waals surface area contributed by atoms with Gasteiger partial charge in [-0.05, 0) is 36.4 Å². The number of nitrogens with one attached hydrogen (secondary N) is 1. The Morgan fingerprint density at radius 3 is 2.85 bits per heavy atom. The highest BCUT2D eigenvalue weighted by Crippen LogP contribution is 2.22. The molecule has 3 nitrogen and oxygen atoms in total. The lowest BCUT2D eigenvalue weighted by molar-refractivity contribution is 0.285. The summed E-state index contributed by atoms with van der Waals surface area (Å²) >= 11 is 3.29. The van der Waals surface area contributed by atoms with Gasteiger partial charge in [-0.3, -0.25) is 4.98 Å². The molecular weight excluding hydrogens is 323 g/mol. The Morgan fingerprint density at radius 2 is 2.15 bits per heavy atom. The van der Waals surface area contributed by atoms with Gasteiger partial charge in [-0.1, -0.05) is 28.9 Å². The number of rotatable bonds is 6. The highest BCUT2D eigenvalue weighted by Gasteiger charge is 2.05. The number of hydrogen-bond donors (Lipinski definition) is 1. The van der Waals surface area contributed by atoms with E-state index < -0.39 is 0 Å². The summed E-state index contributed by atoms with van der Waals surface area (Å²) < 4.78 is 19.7. The van der Waals surface area contributed by atoms with E-state index in [-0.39, 0.29) is 18.2 Å². The molecule has 2 rings (SSSR count). The fraction of sp³-hybridized carbons (Fsp3) is 0.267. The van der Waals surface area contributed by atoms with E-state index in [1.165, 1.54) is 6.07 Å². The maximum atomic E-state index is 13.5. The summed E-state index contributed by atoms with van der Waals surface area (Å²) in [7, 11) is 0. The normalized spacial score (nSPS) is 10.6. The minimum absolute atomic E-state index is 0.220. The second-order valence-electron chi connectivity index (χ2n) is 4.30. The molecule has 0 atom stereocenters. The molecule has 0 aliphatic rings. The van der Waals surface area contributed by atoms with Crippen LogP contribution in [-0.4, -0.2) is 11.5 Å². The van der Waals surface area contributed by atoms with Crippen LogP contribution in [0.3, 0.4) is 0 Å². The molecule has 1 aromatic heterocycles. The van der Waals surface area contributed by atoms with E-state index in [1.54, 1.807) is 18.3 Å². The SMILES string of the molecule is CCNCc1ccc(COc2cc(Br)ccc2F)nc1. The molecule has 0 aliphatic heterocycles. The van der Waals surface area contributed by atoms with Crippen LogP contribution in [0.2, 0.25) is 0 Å². The van der Waals surface area contributed by atoms with Gasteiger partial charge in [0.25, 0.3) is 0 Å². The maximum absolute atomic E-state index is 13.5. The summed E-state index contributed by atoms with van der Waals surface area (Å²) in [4.78, 5) is 4.30. The number of hydrogen-bond acceptors (Lipinski definition) is 3. The summed E-state index contributed by atoms with van der Waals surface area (Å²) in [5.74, 6) is -0.158. The van der Waals surface area contributed by atoms with Crippen molar-refractivity contribution in [2.75, 3.05) is 6.54 Å². The minimum Gasteiger partial charge on any atom is -0.484 e. The van der Waals surface area contributed by atoms with Gasteiger partial charge < -0.3 is 10.1 Å². The average molecular weight is 339 g/mol. The van der Waals surface area contributed by atoms with Crippen molar-refractivity contribution >= 4 is 15.9 Å². The first kappa shape index (κ1) is 14.9. The number of pyridine rings is 1. The lowest BCUT2D eigenvalue weighted by Gasteiger charge is -2.08. The van der Waals surface area contributed by atoms with Crippen molar-refractivity contribution in [3.05, 3.63) is 58.1 Å². The van der Waals surface area contributed by atoms with Gasteiger partial charge in [0.1, 0.15) is 6.61 Å². The van der Waals surface area contributed by atoms with E-state index in [1.807, 2.05) is 12.1 Å². The maximum Gasteiger partial charge on any atom is 0.165 e. The lowest BCUT2D eigenvalue weighted by Crippen LogP contribution is -2.12. The molecule has 0 saturated carbocycles. The van der Waals surface area contributed by atoms with Gasteiger partial charge in [-0.2, -0.15) is 0 Å². The zero-order valence-electron chi connectivity index (χ0n) is 11.2. The van der Waals surface area contributed by atoms with E-state index in [2.05, 4.69) is 33.2 Å². The van der Waals surface area contributed by atoms with E-state index in [0.717, 1.165) is 28.8 Å². The third kappa shape index (κ3) is 4.28. The summed E-state index contributed by atoms with van der Waals surface area (Å²) in [5.41, 5.74) is 1.88. The molecule has 106 valence electrons. The van der Waals surface area contributed by atoms with Crippen LogP contribution in [0.4, 0.5) is 4.39 Å². The molecule has 2 aromatic rings. The second kappa shape index (κ2) is 7.36. The van der Waals surface area contributed by atoms with E-state index in [9.17, 15) is 4.39 Å². The van der Waals surface area contributed by atoms with Crippen molar-refractivity contribution in [3.8, 4) is 5.75 Å². The smallest absolute Gasteiger partial charge is 0.165 e. The highest BCUT2D eigenvalue weighted by atomic mass is 79.9. The summed E-state index contributed by atoms with van der Waals surface area (Å²) in [6, 6.07) is 8.49. The molecule has 0 spiro atoms. The van der Waals surface area contributed by atoms with E-state index >= 15 is 0 Å². The highest BCUT2D eigenvalue weighted by molar-refractivity contribution is 9.10. The van der Waals surface area contributed by atoms with Crippen LogP contribution in [-0.2, 0) is 13.2 Å². The van der Waals surface area contributed by atoms with Crippen LogP contribution in [0.1, 0.15) is 18.2 Å². The third-order valence-electron chi connectivity index (χ3n) is 2.73. The predicted octanol–water partition coefficient (Wildman–Crippen LogP) is 3.67. The monoisotopic (exact) mass is 338 g/mol. The van der Waals surface area contributed by atoms with Crippen LogP contribution in [0.15, 0.2) is 41.0 Å². The van der Waals surface area contributed by atoms with Crippen LogP contribution in [0.25, 0.3) is 0 Å². The largest absolute Gasteiger partial charge is 0.484 e. The third-order valence-corrected chi connectivity index (χ3v) is 3.23. The first-order valence-corrected chi connectivity index (χ1v) is 7.20. The number of ether oxygens (including phenoxy) is 1. The Morgan fingerprint density at radius 1 is 1.30 bits per heavy atom. The van der Waals surface area contributed by atoms with E-state index in [4.69, 9.17) is 4.74 Å². The molecule has 1 heterocycles. The van der Waals surface area contributed by atoms with Gasteiger partial charge >= 0.3 is 0 Å². The minimum atomic E-state index is -0.378. The average Bonchev–Trinajstić information content (AvgIpc) is 2.47. The molecule has 0 radical (unpaired) electrons. The fourth-order valence-corrected chi connectivity index (χ4v) is 1.99. The van der Waals surface area contributed by atoms with Crippen molar-refractivity contribution in [1.29, 1.82) is 0 Å². The zero-order valence-corrected chi connectivity index (χ0v) is 12.8. The lowest BCUT2D eigenvalue weighted by atomic mass is 10.2. The topological polar surface area (TPSA) is 34.1 Å². The van der Waals surface area contributed by atoms with Crippen LogP contribution < -0.4 is 10.1 Å². The number of aromatic nitrogens is 1. The Hall–Kier alpha value is -1.46. The summed E-state index contributed by atoms with van der Waals surface area (Å²) in [6.07, 6.45) is 1.80. The molecule has 1 aromatic carbocycles. The van der Waals surface area contributed by atoms with Gasteiger partial charge in [0.2, 0.25) is 0 Å². The molecule has 1 N–H and O–H groups in total. The molecule has 0 saturated heterocycles. The molecule has 0 bridgehead atoms. The Labute approximate surface area is 126 Å². The van der Waals surface area contributed by atoms with Crippen molar-refractivity contribution in [2.45, 2.75) is 20.1 Å². The Kier molecular flexibility index (Phi) is 5.49. The van der Waals surface area contributed by atoms with Crippen molar-refractivity contribution in [3.63, 3.8) is 0 Å². The van der Waals surface area contributed by atoms with Gasteiger partial charge in [-0.25, -0.2) is 4.39 Å². The molecular formula is C15H16BrFN2O. The van der Waals surface area contributed by atoms with Crippen molar-refractivity contribution in [2.24, 2.45) is 0 Å². The van der Waals surface area contributed by atoms with Crippen LogP contribution >= 0.6 is 15.9 Å². The van der Waals surface area contributed by atoms with Gasteiger partial charge in [0, 0.05) is 17.2 Å². The number of benzene rings is 1. The van der Waals surface area contributed by atoms with Crippen LogP contribution in [0, 0.1) is 5.82 Å². The molecule has 0 aliphatic carbocycles. The van der Waals surface area contributed by atoms with Crippen molar-refractivity contribution in [1.82, 2.24) is 10.3 Å². The molecule has 5 heteroatoms. The van der Waals surface area contributed by atoms with Crippen molar-refractivity contribution < 1.29 is 9.13 Å². The first-order chi connectivity index (χ1) is 9.69. The van der Waals surface area contributed by atoms with Gasteiger partial charge in [-0.15, -0.1) is 0 Å². The molecule has 0 fully saturated rings. The number of halogens is 2.